The lowest BCUT2D eigenvalue weighted by atomic mass is 9.47. The quantitative estimate of drug-likeness (QED) is 0.707. The minimum Gasteiger partial charge on any atom is -0.388 e. The number of hydrogen-bond acceptors (Lipinski definition) is 4. The van der Waals surface area contributed by atoms with Gasteiger partial charge in [-0.2, -0.15) is 0 Å². The lowest BCUT2D eigenvalue weighted by Gasteiger charge is -2.59. The Morgan fingerprint density at radius 2 is 1.93 bits per heavy atom. The maximum Gasteiger partial charge on any atom is 0.190 e. The molecular weight excluding hydrogens is 366 g/mol. The fourth-order valence-electron chi connectivity index (χ4n) is 6.90. The zero-order valence-corrected chi connectivity index (χ0v) is 16.5. The molecule has 0 radical (unpaired) electrons. The van der Waals surface area contributed by atoms with Gasteiger partial charge in [-0.25, -0.2) is 8.78 Å². The molecule has 2 N–H and O–H groups in total. The number of allylic oxidation sites excluding steroid dienone is 3. The van der Waals surface area contributed by atoms with E-state index in [1.54, 1.807) is 26.8 Å². The van der Waals surface area contributed by atoms with Gasteiger partial charge in [0.1, 0.15) is 24.0 Å². The number of halogens is 2. The smallest absolute Gasteiger partial charge is 0.190 e. The van der Waals surface area contributed by atoms with Crippen molar-refractivity contribution in [3.63, 3.8) is 0 Å². The third-order valence-corrected chi connectivity index (χ3v) is 8.65. The lowest BCUT2D eigenvalue weighted by molar-refractivity contribution is -0.161. The minimum absolute atomic E-state index is 0.0775. The Morgan fingerprint density at radius 3 is 2.57 bits per heavy atom. The van der Waals surface area contributed by atoms with E-state index in [2.05, 4.69) is 0 Å². The largest absolute Gasteiger partial charge is 0.388 e. The molecule has 2 saturated carbocycles. The Labute approximate surface area is 163 Å². The Bertz CT molecular complexity index is 806. The molecule has 154 valence electrons. The Morgan fingerprint density at radius 1 is 1.25 bits per heavy atom. The van der Waals surface area contributed by atoms with Crippen LogP contribution < -0.4 is 0 Å². The lowest BCUT2D eigenvalue weighted by Crippen LogP contribution is -2.63. The molecule has 0 amide bonds. The van der Waals surface area contributed by atoms with Crippen LogP contribution in [0, 0.1) is 28.6 Å². The summed E-state index contributed by atoms with van der Waals surface area (Å²) in [6.45, 7) is 4.35. The van der Waals surface area contributed by atoms with Gasteiger partial charge >= 0.3 is 0 Å². The molecule has 4 nitrogen and oxygen atoms in total. The zero-order chi connectivity index (χ0) is 20.7. The van der Waals surface area contributed by atoms with E-state index in [0.717, 1.165) is 0 Å². The molecule has 0 aromatic rings. The number of aliphatic hydroxyl groups is 2. The van der Waals surface area contributed by atoms with Crippen molar-refractivity contribution in [1.29, 1.82) is 0 Å². The Balaban J connectivity index is 1.87. The SMILES string of the molecule is C[C@H]1C[C@H]2[C@@H]3C[C@H](F)C4=CC(=O)CC[C@]4(C)[C@@]3(F)C=C[C@]2(C)[C@@]1(O)C(=O)CO. The fraction of sp³-hybridized carbons (Fsp3) is 0.727. The first-order chi connectivity index (χ1) is 13.0. The molecule has 4 aliphatic carbocycles. The average molecular weight is 394 g/mol. The van der Waals surface area contributed by atoms with Gasteiger partial charge < -0.3 is 10.2 Å². The van der Waals surface area contributed by atoms with Crippen molar-refractivity contribution in [2.75, 3.05) is 6.61 Å². The van der Waals surface area contributed by atoms with Gasteiger partial charge in [-0.15, -0.1) is 0 Å². The summed E-state index contributed by atoms with van der Waals surface area (Å²) in [4.78, 5) is 24.4. The van der Waals surface area contributed by atoms with Gasteiger partial charge in [0.25, 0.3) is 0 Å². The standard InChI is InChI=1S/C22H28F2O4/c1-12-8-14-15-10-17(23)16-9-13(26)4-5-19(16,2)21(15,24)7-6-20(14,3)22(12,28)18(27)11-25/h6-7,9,12,14-15,17,25,28H,4-5,8,10-11H2,1-3H3/t12-,14-,15-,17-,19-,20-,21+,22-/m0/s1. The van der Waals surface area contributed by atoms with Crippen LogP contribution in [-0.2, 0) is 9.59 Å². The van der Waals surface area contributed by atoms with Gasteiger partial charge in [0, 0.05) is 23.2 Å². The van der Waals surface area contributed by atoms with Crippen LogP contribution in [0.25, 0.3) is 0 Å². The second-order valence-electron chi connectivity index (χ2n) is 9.68. The number of fused-ring (bicyclic) bond motifs is 5. The van der Waals surface area contributed by atoms with E-state index in [4.69, 9.17) is 0 Å². The number of alkyl halides is 2. The molecule has 8 atom stereocenters. The van der Waals surface area contributed by atoms with Crippen LogP contribution in [0.15, 0.2) is 23.8 Å². The van der Waals surface area contributed by atoms with Crippen LogP contribution in [-0.4, -0.2) is 45.8 Å². The van der Waals surface area contributed by atoms with Gasteiger partial charge in [0.2, 0.25) is 0 Å². The topological polar surface area (TPSA) is 74.6 Å². The highest BCUT2D eigenvalue weighted by Gasteiger charge is 2.72. The number of carbonyl (C=O) groups excluding carboxylic acids is 2. The van der Waals surface area contributed by atoms with Gasteiger partial charge in [0.05, 0.1) is 0 Å². The van der Waals surface area contributed by atoms with Crippen molar-refractivity contribution in [2.24, 2.45) is 28.6 Å². The third-order valence-electron chi connectivity index (χ3n) is 8.65. The Hall–Kier alpha value is -1.40. The molecule has 0 unspecified atom stereocenters. The third kappa shape index (κ3) is 2.06. The summed E-state index contributed by atoms with van der Waals surface area (Å²) >= 11 is 0. The van der Waals surface area contributed by atoms with Crippen molar-refractivity contribution in [1.82, 2.24) is 0 Å². The minimum atomic E-state index is -1.85. The van der Waals surface area contributed by atoms with Crippen LogP contribution in [0.2, 0.25) is 0 Å². The first-order valence-corrected chi connectivity index (χ1v) is 10.1. The molecule has 0 aromatic heterocycles. The second kappa shape index (κ2) is 5.82. The molecule has 0 aromatic carbocycles. The van der Waals surface area contributed by atoms with Gasteiger partial charge in [0.15, 0.2) is 11.6 Å². The van der Waals surface area contributed by atoms with E-state index in [-0.39, 0.29) is 30.6 Å². The number of hydrogen-bond donors (Lipinski definition) is 2. The number of Topliss-reactive ketones (excluding diaryl/α,β-unsaturated/α-hetero) is 1. The first-order valence-electron chi connectivity index (χ1n) is 10.1. The first kappa shape index (κ1) is 19.9. The molecule has 0 saturated heterocycles. The molecule has 2 fully saturated rings. The normalized spacial score (nSPS) is 52.5. The van der Waals surface area contributed by atoms with Crippen molar-refractivity contribution >= 4 is 11.6 Å². The summed E-state index contributed by atoms with van der Waals surface area (Å²) in [5.41, 5.74) is -5.61. The van der Waals surface area contributed by atoms with E-state index in [1.807, 2.05) is 0 Å². The molecule has 28 heavy (non-hydrogen) atoms. The summed E-state index contributed by atoms with van der Waals surface area (Å²) in [6, 6.07) is 0. The molecule has 0 aliphatic heterocycles. The molecule has 4 aliphatic rings. The van der Waals surface area contributed by atoms with E-state index in [1.165, 1.54) is 12.2 Å². The fourth-order valence-corrected chi connectivity index (χ4v) is 6.90. The van der Waals surface area contributed by atoms with Crippen molar-refractivity contribution in [3.8, 4) is 0 Å². The number of carbonyl (C=O) groups is 2. The van der Waals surface area contributed by atoms with Crippen molar-refractivity contribution < 1.29 is 28.6 Å². The number of aliphatic hydroxyl groups excluding tert-OH is 1. The second-order valence-corrected chi connectivity index (χ2v) is 9.68. The predicted molar refractivity (Wildman–Crippen MR) is 98.8 cm³/mol. The maximum absolute atomic E-state index is 16.7. The average Bonchev–Trinajstić information content (AvgIpc) is 2.86. The summed E-state index contributed by atoms with van der Waals surface area (Å²) in [6.07, 6.45) is 3.60. The van der Waals surface area contributed by atoms with Crippen molar-refractivity contribution in [2.45, 2.75) is 63.9 Å². The summed E-state index contributed by atoms with van der Waals surface area (Å²) in [5.74, 6) is -2.48. The molecule has 0 heterocycles. The molecule has 0 bridgehead atoms. The number of rotatable bonds is 2. The molecule has 0 spiro atoms. The van der Waals surface area contributed by atoms with Gasteiger partial charge in [-0.3, -0.25) is 9.59 Å². The summed E-state index contributed by atoms with van der Waals surface area (Å²) in [7, 11) is 0. The number of ketones is 2. The predicted octanol–water partition coefficient (Wildman–Crippen LogP) is 2.87. The maximum atomic E-state index is 16.7. The van der Waals surface area contributed by atoms with Crippen LogP contribution in [0.3, 0.4) is 0 Å². The summed E-state index contributed by atoms with van der Waals surface area (Å²) in [5, 5.41) is 20.7. The highest BCUT2D eigenvalue weighted by molar-refractivity contribution is 5.92. The highest BCUT2D eigenvalue weighted by atomic mass is 19.1. The van der Waals surface area contributed by atoms with Crippen LogP contribution >= 0.6 is 0 Å². The monoisotopic (exact) mass is 394 g/mol. The molecule has 6 heteroatoms. The highest BCUT2D eigenvalue weighted by Crippen LogP contribution is 2.69. The Kier molecular flexibility index (Phi) is 4.13. The van der Waals surface area contributed by atoms with E-state index >= 15 is 8.78 Å². The van der Waals surface area contributed by atoms with Crippen molar-refractivity contribution in [3.05, 3.63) is 23.8 Å². The van der Waals surface area contributed by atoms with Crippen LogP contribution in [0.5, 0.6) is 0 Å². The molecule has 4 rings (SSSR count). The van der Waals surface area contributed by atoms with E-state index in [0.29, 0.717) is 6.42 Å². The zero-order valence-electron chi connectivity index (χ0n) is 16.5. The van der Waals surface area contributed by atoms with E-state index < -0.39 is 58.4 Å². The molecular formula is C22H28F2O4. The van der Waals surface area contributed by atoms with E-state index in [9.17, 15) is 19.8 Å². The van der Waals surface area contributed by atoms with Crippen LogP contribution in [0.1, 0.15) is 46.5 Å². The summed E-state index contributed by atoms with van der Waals surface area (Å²) < 4.78 is 31.9. The van der Waals surface area contributed by atoms with Crippen LogP contribution in [0.4, 0.5) is 8.78 Å². The van der Waals surface area contributed by atoms with Gasteiger partial charge in [-0.05, 0) is 48.8 Å². The van der Waals surface area contributed by atoms with Gasteiger partial charge in [-0.1, -0.05) is 26.8 Å².